The summed E-state index contributed by atoms with van der Waals surface area (Å²) in [4.78, 5) is 24.4. The standard InChI is InChI=1S/C13H14FNO3/c1-18-13(17)12(15(8-16)11-6-7-11)9-2-4-10(14)5-3-9/h2-5,8,11-12H,6-7H2,1H3. The molecule has 0 aliphatic heterocycles. The lowest BCUT2D eigenvalue weighted by Crippen LogP contribution is -2.35. The van der Waals surface area contributed by atoms with Gasteiger partial charge in [0, 0.05) is 6.04 Å². The summed E-state index contributed by atoms with van der Waals surface area (Å²) in [6.07, 6.45) is 2.42. The van der Waals surface area contributed by atoms with Crippen molar-refractivity contribution >= 4 is 12.4 Å². The molecular weight excluding hydrogens is 237 g/mol. The molecule has 1 aromatic carbocycles. The number of amides is 1. The van der Waals surface area contributed by atoms with Crippen molar-refractivity contribution in [2.24, 2.45) is 0 Å². The van der Waals surface area contributed by atoms with Crippen LogP contribution in [0.5, 0.6) is 0 Å². The van der Waals surface area contributed by atoms with Crippen LogP contribution in [0.4, 0.5) is 4.39 Å². The smallest absolute Gasteiger partial charge is 0.333 e. The summed E-state index contributed by atoms with van der Waals surface area (Å²) in [5, 5.41) is 0. The highest BCUT2D eigenvalue weighted by molar-refractivity contribution is 5.80. The van der Waals surface area contributed by atoms with Gasteiger partial charge < -0.3 is 9.64 Å². The minimum atomic E-state index is -0.791. The van der Waals surface area contributed by atoms with Crippen molar-refractivity contribution in [2.45, 2.75) is 24.9 Å². The molecule has 4 nitrogen and oxygen atoms in total. The van der Waals surface area contributed by atoms with Gasteiger partial charge in [-0.3, -0.25) is 4.79 Å². The lowest BCUT2D eigenvalue weighted by molar-refractivity contribution is -0.150. The van der Waals surface area contributed by atoms with Crippen molar-refractivity contribution in [2.75, 3.05) is 7.11 Å². The first-order valence-corrected chi connectivity index (χ1v) is 5.73. The van der Waals surface area contributed by atoms with Crippen molar-refractivity contribution in [1.82, 2.24) is 4.90 Å². The van der Waals surface area contributed by atoms with Crippen LogP contribution in [0.25, 0.3) is 0 Å². The zero-order valence-electron chi connectivity index (χ0n) is 10.0. The lowest BCUT2D eigenvalue weighted by atomic mass is 10.1. The zero-order chi connectivity index (χ0) is 13.1. The molecule has 2 rings (SSSR count). The number of benzene rings is 1. The number of hydrogen-bond acceptors (Lipinski definition) is 3. The van der Waals surface area contributed by atoms with Crippen molar-refractivity contribution in [3.63, 3.8) is 0 Å². The Morgan fingerprint density at radius 2 is 2.06 bits per heavy atom. The van der Waals surface area contributed by atoms with Crippen LogP contribution in [0.2, 0.25) is 0 Å². The molecule has 1 saturated carbocycles. The molecule has 0 radical (unpaired) electrons. The molecule has 1 aromatic rings. The quantitative estimate of drug-likeness (QED) is 0.590. The van der Waals surface area contributed by atoms with Gasteiger partial charge in [0.2, 0.25) is 6.41 Å². The minimum absolute atomic E-state index is 0.0802. The van der Waals surface area contributed by atoms with E-state index in [4.69, 9.17) is 4.74 Å². The summed E-state index contributed by atoms with van der Waals surface area (Å²) in [5.41, 5.74) is 0.558. The van der Waals surface area contributed by atoms with Gasteiger partial charge in [-0.25, -0.2) is 9.18 Å². The normalized spacial score (nSPS) is 15.9. The molecule has 1 atom stereocenters. The Morgan fingerprint density at radius 1 is 1.44 bits per heavy atom. The Balaban J connectivity index is 2.31. The summed E-state index contributed by atoms with van der Waals surface area (Å²) in [6.45, 7) is 0. The maximum absolute atomic E-state index is 12.9. The molecule has 1 unspecified atom stereocenters. The Morgan fingerprint density at radius 3 is 2.50 bits per heavy atom. The zero-order valence-corrected chi connectivity index (χ0v) is 10.0. The van der Waals surface area contributed by atoms with E-state index in [0.717, 1.165) is 12.8 Å². The third-order valence-electron chi connectivity index (χ3n) is 3.00. The van der Waals surface area contributed by atoms with Crippen molar-refractivity contribution < 1.29 is 18.7 Å². The van der Waals surface area contributed by atoms with E-state index < -0.39 is 12.0 Å². The minimum Gasteiger partial charge on any atom is -0.467 e. The molecule has 96 valence electrons. The average Bonchev–Trinajstić information content (AvgIpc) is 3.21. The van der Waals surface area contributed by atoms with Gasteiger partial charge in [0.1, 0.15) is 5.82 Å². The fourth-order valence-corrected chi connectivity index (χ4v) is 1.92. The largest absolute Gasteiger partial charge is 0.467 e. The predicted octanol–water partition coefficient (Wildman–Crippen LogP) is 1.66. The van der Waals surface area contributed by atoms with E-state index in [-0.39, 0.29) is 11.9 Å². The second-order valence-electron chi connectivity index (χ2n) is 4.26. The van der Waals surface area contributed by atoms with Gasteiger partial charge in [0.05, 0.1) is 7.11 Å². The summed E-state index contributed by atoms with van der Waals surface area (Å²) < 4.78 is 17.6. The van der Waals surface area contributed by atoms with Crippen LogP contribution in [0.3, 0.4) is 0 Å². The van der Waals surface area contributed by atoms with Gasteiger partial charge in [-0.05, 0) is 30.5 Å². The molecule has 1 aliphatic rings. The monoisotopic (exact) mass is 251 g/mol. The van der Waals surface area contributed by atoms with Gasteiger partial charge in [0.15, 0.2) is 6.04 Å². The van der Waals surface area contributed by atoms with Gasteiger partial charge in [-0.15, -0.1) is 0 Å². The van der Waals surface area contributed by atoms with E-state index in [1.165, 1.54) is 36.3 Å². The van der Waals surface area contributed by atoms with Crippen molar-refractivity contribution in [1.29, 1.82) is 0 Å². The number of halogens is 1. The average molecular weight is 251 g/mol. The molecule has 0 saturated heterocycles. The number of methoxy groups -OCH3 is 1. The first-order valence-electron chi connectivity index (χ1n) is 5.73. The Hall–Kier alpha value is -1.91. The number of nitrogens with zero attached hydrogens (tertiary/aromatic N) is 1. The van der Waals surface area contributed by atoms with Crippen LogP contribution < -0.4 is 0 Å². The first-order chi connectivity index (χ1) is 8.67. The van der Waals surface area contributed by atoms with E-state index in [2.05, 4.69) is 0 Å². The number of carbonyl (C=O) groups excluding carboxylic acids is 2. The van der Waals surface area contributed by atoms with Gasteiger partial charge in [0.25, 0.3) is 0 Å². The van der Waals surface area contributed by atoms with E-state index in [9.17, 15) is 14.0 Å². The number of ether oxygens (including phenoxy) is 1. The summed E-state index contributed by atoms with van der Waals surface area (Å²) in [7, 11) is 1.27. The lowest BCUT2D eigenvalue weighted by Gasteiger charge is -2.26. The van der Waals surface area contributed by atoms with E-state index in [1.54, 1.807) is 0 Å². The molecule has 0 bridgehead atoms. The van der Waals surface area contributed by atoms with Gasteiger partial charge in [-0.2, -0.15) is 0 Å². The fourth-order valence-electron chi connectivity index (χ4n) is 1.92. The second kappa shape index (κ2) is 5.16. The van der Waals surface area contributed by atoms with Crippen LogP contribution in [0, 0.1) is 5.82 Å². The predicted molar refractivity (Wildman–Crippen MR) is 62.1 cm³/mol. The Labute approximate surface area is 104 Å². The van der Waals surface area contributed by atoms with Crippen LogP contribution in [0.15, 0.2) is 24.3 Å². The Bertz CT molecular complexity index is 442. The maximum atomic E-state index is 12.9. The summed E-state index contributed by atoms with van der Waals surface area (Å²) in [6, 6.07) is 4.81. The van der Waals surface area contributed by atoms with E-state index in [0.29, 0.717) is 12.0 Å². The molecule has 1 amide bonds. The third-order valence-corrected chi connectivity index (χ3v) is 3.00. The molecular formula is C13H14FNO3. The van der Waals surface area contributed by atoms with Crippen LogP contribution in [-0.4, -0.2) is 30.4 Å². The highest BCUT2D eigenvalue weighted by Crippen LogP contribution is 2.33. The number of esters is 1. The fraction of sp³-hybridized carbons (Fsp3) is 0.385. The van der Waals surface area contributed by atoms with Crippen molar-refractivity contribution in [3.8, 4) is 0 Å². The maximum Gasteiger partial charge on any atom is 0.333 e. The molecule has 18 heavy (non-hydrogen) atoms. The SMILES string of the molecule is COC(=O)C(c1ccc(F)cc1)N(C=O)C1CC1. The van der Waals surface area contributed by atoms with Crippen LogP contribution in [-0.2, 0) is 14.3 Å². The summed E-state index contributed by atoms with van der Waals surface area (Å²) in [5.74, 6) is -0.896. The second-order valence-corrected chi connectivity index (χ2v) is 4.26. The summed E-state index contributed by atoms with van der Waals surface area (Å²) >= 11 is 0. The third kappa shape index (κ3) is 2.50. The molecule has 0 spiro atoms. The van der Waals surface area contributed by atoms with Gasteiger partial charge in [-0.1, -0.05) is 12.1 Å². The highest BCUT2D eigenvalue weighted by atomic mass is 19.1. The van der Waals surface area contributed by atoms with E-state index in [1.807, 2.05) is 0 Å². The first kappa shape index (κ1) is 12.5. The molecule has 5 heteroatoms. The number of rotatable bonds is 5. The molecule has 0 heterocycles. The van der Waals surface area contributed by atoms with Crippen LogP contribution in [0.1, 0.15) is 24.4 Å². The molecule has 1 aliphatic carbocycles. The van der Waals surface area contributed by atoms with E-state index >= 15 is 0 Å². The highest BCUT2D eigenvalue weighted by Gasteiger charge is 2.37. The van der Waals surface area contributed by atoms with Crippen LogP contribution >= 0.6 is 0 Å². The van der Waals surface area contributed by atoms with Gasteiger partial charge >= 0.3 is 5.97 Å². The number of carbonyl (C=O) groups is 2. The van der Waals surface area contributed by atoms with Crippen molar-refractivity contribution in [3.05, 3.63) is 35.6 Å². The number of hydrogen-bond donors (Lipinski definition) is 0. The molecule has 1 fully saturated rings. The topological polar surface area (TPSA) is 46.6 Å². The Kier molecular flexibility index (Phi) is 3.60. The molecule has 0 aromatic heterocycles. The molecule has 0 N–H and O–H groups in total.